The summed E-state index contributed by atoms with van der Waals surface area (Å²) < 4.78 is 12.1. The molecule has 20 nitrogen and oxygen atoms in total. The number of ether oxygens (including phenoxy) is 2. The first-order chi connectivity index (χ1) is 34.6. The minimum atomic E-state index is -0.938. The summed E-state index contributed by atoms with van der Waals surface area (Å²) in [7, 11) is 6.63. The first kappa shape index (κ1) is 61.7. The molecule has 1 saturated heterocycles. The first-order valence-corrected chi connectivity index (χ1v) is 25.9. The van der Waals surface area contributed by atoms with Gasteiger partial charge < -0.3 is 25.4 Å². The molecule has 73 heavy (non-hydrogen) atoms. The normalized spacial score (nSPS) is 18.1. The number of nitrogens with two attached hydrogens (primary N) is 1. The molecule has 0 spiro atoms. The van der Waals surface area contributed by atoms with Crippen LogP contribution in [0.5, 0.6) is 0 Å². The summed E-state index contributed by atoms with van der Waals surface area (Å²) in [5, 5.41) is 5.50. The number of primary amides is 1. The van der Waals surface area contributed by atoms with Crippen LogP contribution in [0.4, 0.5) is 0 Å². The predicted octanol–water partition coefficient (Wildman–Crippen LogP) is 2.63. The molecule has 0 radical (unpaired) electrons. The summed E-state index contributed by atoms with van der Waals surface area (Å²) in [6.07, 6.45) is 5.60. The molecule has 3 rings (SSSR count). The van der Waals surface area contributed by atoms with Crippen LogP contribution in [0.2, 0.25) is 0 Å². The van der Waals surface area contributed by atoms with Gasteiger partial charge in [-0.05, 0) is 76.1 Å². The number of carbonyl (C=O) groups excluding carboxylic acids is 9. The van der Waals surface area contributed by atoms with Crippen LogP contribution in [-0.4, -0.2) is 163 Å². The van der Waals surface area contributed by atoms with Crippen molar-refractivity contribution in [2.24, 2.45) is 29.4 Å². The Morgan fingerprint density at radius 2 is 1.37 bits per heavy atom. The van der Waals surface area contributed by atoms with Crippen molar-refractivity contribution in [2.75, 3.05) is 47.9 Å². The highest BCUT2D eigenvalue weighted by molar-refractivity contribution is 6.12. The second kappa shape index (κ2) is 30.6. The maximum Gasteiger partial charge on any atom is 0.253 e. The molecule has 9 atom stereocenters. The molecule has 2 aliphatic rings. The van der Waals surface area contributed by atoms with Gasteiger partial charge in [0, 0.05) is 64.8 Å². The smallest absolute Gasteiger partial charge is 0.253 e. The Kier molecular flexibility index (Phi) is 25.9. The van der Waals surface area contributed by atoms with Gasteiger partial charge >= 0.3 is 0 Å². The fourth-order valence-corrected chi connectivity index (χ4v) is 10.3. The van der Waals surface area contributed by atoms with Crippen LogP contribution in [0.1, 0.15) is 118 Å². The fourth-order valence-electron chi connectivity index (χ4n) is 10.3. The zero-order valence-electron chi connectivity index (χ0n) is 45.1. The number of likely N-dealkylation sites (N-methyl/N-ethyl adjacent to an activating group) is 2. The van der Waals surface area contributed by atoms with Crippen molar-refractivity contribution < 1.29 is 52.6 Å². The predicted molar refractivity (Wildman–Crippen MR) is 275 cm³/mol. The van der Waals surface area contributed by atoms with Crippen LogP contribution in [-0.2, 0) is 59.0 Å². The molecule has 6 N–H and O–H groups in total. The summed E-state index contributed by atoms with van der Waals surface area (Å²) in [5.41, 5.74) is 11.4. The second-order valence-corrected chi connectivity index (χ2v) is 20.3. The van der Waals surface area contributed by atoms with Crippen LogP contribution >= 0.6 is 0 Å². The third-order valence-corrected chi connectivity index (χ3v) is 14.3. The molecule has 0 aliphatic carbocycles. The fraction of sp³-hybridized carbons (Fsp3) is 0.679. The second-order valence-electron chi connectivity index (χ2n) is 20.3. The summed E-state index contributed by atoms with van der Waals surface area (Å²) in [4.78, 5) is 124. The largest absolute Gasteiger partial charge is 0.379 e. The number of hydrogen-bond acceptors (Lipinski definition) is 13. The van der Waals surface area contributed by atoms with Gasteiger partial charge in [0.2, 0.25) is 41.4 Å². The molecule has 2 heterocycles. The van der Waals surface area contributed by atoms with Crippen molar-refractivity contribution in [1.29, 1.82) is 0 Å². The lowest BCUT2D eigenvalue weighted by atomic mass is 9.87. The van der Waals surface area contributed by atoms with Crippen molar-refractivity contribution in [3.63, 3.8) is 0 Å². The zero-order valence-corrected chi connectivity index (χ0v) is 45.1. The minimum absolute atomic E-state index is 0.0206. The van der Waals surface area contributed by atoms with Crippen LogP contribution < -0.4 is 27.2 Å². The Labute approximate surface area is 432 Å². The first-order valence-electron chi connectivity index (χ1n) is 25.9. The topological polar surface area (TPSA) is 259 Å². The summed E-state index contributed by atoms with van der Waals surface area (Å²) in [6.45, 7) is 14.4. The van der Waals surface area contributed by atoms with E-state index in [2.05, 4.69) is 21.5 Å². The number of nitrogens with zero attached hydrogens (tertiary/aromatic N) is 4. The van der Waals surface area contributed by atoms with Gasteiger partial charge in [0.15, 0.2) is 0 Å². The zero-order chi connectivity index (χ0) is 54.5. The van der Waals surface area contributed by atoms with E-state index in [-0.39, 0.29) is 73.6 Å². The van der Waals surface area contributed by atoms with Crippen LogP contribution in [0.25, 0.3) is 0 Å². The number of likely N-dealkylation sites (tertiary alicyclic amines) is 1. The molecular formula is C53H85N9O11. The summed E-state index contributed by atoms with van der Waals surface area (Å²) in [5.74, 6) is -4.95. The van der Waals surface area contributed by atoms with E-state index in [4.69, 9.17) is 15.2 Å². The highest BCUT2D eigenvalue weighted by Gasteiger charge is 2.44. The molecule has 2 aliphatic heterocycles. The number of rotatable bonds is 31. The third kappa shape index (κ3) is 18.4. The highest BCUT2D eigenvalue weighted by atomic mass is 16.5. The SMILES string of the molecule is CC[C@H](C)[C@@H]([C@@H](CC(=O)N1CCC[C@H]1[C@H](OC)[C@@H](C)C(=O)N[C@@H](Cc1ccccc1)C(N)=O)OC)N(C)[C@H](C(=O)NC(=O)[C@H](C(C)C)N(C)CCCC(=O)NNC(=O)CCCCCN1C(=O)C=CC1=O)C(C)C. The maximum absolute atomic E-state index is 14.4. The van der Waals surface area contributed by atoms with E-state index in [1.807, 2.05) is 83.8 Å². The van der Waals surface area contributed by atoms with Crippen LogP contribution in [0, 0.1) is 23.7 Å². The quantitative estimate of drug-likeness (QED) is 0.0408. The lowest BCUT2D eigenvalue weighted by molar-refractivity contribution is -0.144. The van der Waals surface area contributed by atoms with E-state index in [1.54, 1.807) is 30.9 Å². The highest BCUT2D eigenvalue weighted by Crippen LogP contribution is 2.31. The molecule has 1 fully saturated rings. The van der Waals surface area contributed by atoms with Gasteiger partial charge in [0.1, 0.15) is 6.04 Å². The van der Waals surface area contributed by atoms with Gasteiger partial charge in [-0.25, -0.2) is 0 Å². The monoisotopic (exact) mass is 1020 g/mol. The number of unbranched alkanes of at least 4 members (excludes halogenated alkanes) is 2. The molecule has 0 aromatic heterocycles. The Bertz CT molecular complexity index is 2030. The molecule has 1 aromatic carbocycles. The number of carbonyl (C=O) groups is 9. The molecule has 20 heteroatoms. The van der Waals surface area contributed by atoms with E-state index >= 15 is 0 Å². The number of nitrogens with one attached hydrogen (secondary N) is 4. The number of hydrogen-bond donors (Lipinski definition) is 5. The van der Waals surface area contributed by atoms with Crippen molar-refractivity contribution in [2.45, 2.75) is 162 Å². The Hall–Kier alpha value is -5.57. The van der Waals surface area contributed by atoms with Gasteiger partial charge in [-0.1, -0.05) is 91.6 Å². The van der Waals surface area contributed by atoms with E-state index in [0.717, 1.165) is 10.5 Å². The summed E-state index contributed by atoms with van der Waals surface area (Å²) >= 11 is 0. The molecule has 9 amide bonds. The van der Waals surface area contributed by atoms with Crippen LogP contribution in [0.15, 0.2) is 42.5 Å². The lowest BCUT2D eigenvalue weighted by Crippen LogP contribution is -2.60. The van der Waals surface area contributed by atoms with Gasteiger partial charge in [-0.3, -0.25) is 74.0 Å². The van der Waals surface area contributed by atoms with Crippen molar-refractivity contribution in [1.82, 2.24) is 41.1 Å². The molecule has 0 unspecified atom stereocenters. The average molecular weight is 1020 g/mol. The van der Waals surface area contributed by atoms with Gasteiger partial charge in [-0.15, -0.1) is 0 Å². The number of methoxy groups -OCH3 is 2. The van der Waals surface area contributed by atoms with Crippen molar-refractivity contribution in [3.05, 3.63) is 48.0 Å². The van der Waals surface area contributed by atoms with Gasteiger partial charge in [0.05, 0.1) is 42.7 Å². The Morgan fingerprint density at radius 1 is 0.781 bits per heavy atom. The summed E-state index contributed by atoms with van der Waals surface area (Å²) in [6, 6.07) is 5.95. The minimum Gasteiger partial charge on any atom is -0.379 e. The number of imide groups is 2. The molecular weight excluding hydrogens is 939 g/mol. The number of amides is 9. The lowest BCUT2D eigenvalue weighted by Gasteiger charge is -2.43. The molecule has 0 bridgehead atoms. The third-order valence-electron chi connectivity index (χ3n) is 14.3. The Morgan fingerprint density at radius 3 is 1.92 bits per heavy atom. The van der Waals surface area contributed by atoms with Gasteiger partial charge in [-0.2, -0.15) is 0 Å². The van der Waals surface area contributed by atoms with Crippen molar-refractivity contribution in [3.8, 4) is 0 Å². The number of hydrazine groups is 1. The van der Waals surface area contributed by atoms with E-state index in [9.17, 15) is 43.2 Å². The maximum atomic E-state index is 14.4. The number of benzene rings is 1. The standard InChI is InChI=1S/C53H85N9O11/c1-12-35(6)48(40(72-10)32-45(67)61-30-19-23-39(61)49(73-11)36(7)51(69)55-38(50(54)68)31-37-21-15-13-16-22-37)60(9)47(34(4)5)53(71)56-52(70)46(33(2)3)59(8)28-20-25-42(64)58-57-41(63)24-17-14-18-29-62-43(65)26-27-44(62)66/h13,15-16,21-22,26-27,33-36,38-40,46-49H,12,14,17-20,23-25,28-32H2,1-11H3,(H2,54,68)(H,55,69)(H,57,63)(H,58,64)(H,56,70,71)/t35-,36+,38-,39-,40+,46-,47-,48-,49+/m0/s1. The molecule has 0 saturated carbocycles. The average Bonchev–Trinajstić information content (AvgIpc) is 3.95. The van der Waals surface area contributed by atoms with E-state index in [1.165, 1.54) is 19.3 Å². The molecule has 408 valence electrons. The van der Waals surface area contributed by atoms with E-state index in [0.29, 0.717) is 58.0 Å². The van der Waals surface area contributed by atoms with Crippen LogP contribution in [0.3, 0.4) is 0 Å². The van der Waals surface area contributed by atoms with Crippen molar-refractivity contribution >= 4 is 53.2 Å². The molecule has 1 aromatic rings. The van der Waals surface area contributed by atoms with Gasteiger partial charge in [0.25, 0.3) is 11.8 Å². The van der Waals surface area contributed by atoms with E-state index < -0.39 is 77.9 Å². The Balaban J connectivity index is 1.60.